The second kappa shape index (κ2) is 5.94. The smallest absolute Gasteiger partial charge is 0.262 e. The Morgan fingerprint density at radius 2 is 1.96 bits per heavy atom. The number of benzene rings is 1. The van der Waals surface area contributed by atoms with Crippen LogP contribution >= 0.6 is 28.3 Å². The zero-order valence-electron chi connectivity index (χ0n) is 12.5. The summed E-state index contributed by atoms with van der Waals surface area (Å²) in [6.07, 6.45) is 2.66. The fourth-order valence-electron chi connectivity index (χ4n) is 2.84. The van der Waals surface area contributed by atoms with Gasteiger partial charge in [0.25, 0.3) is 11.8 Å². The van der Waals surface area contributed by atoms with Gasteiger partial charge in [0, 0.05) is 4.47 Å². The number of fused-ring (bicyclic) bond motifs is 1. The molecule has 2 aromatic rings. The lowest BCUT2D eigenvalue weighted by molar-refractivity contribution is 0.0625. The monoisotopic (exact) mass is 412 g/mol. The van der Waals surface area contributed by atoms with Gasteiger partial charge >= 0.3 is 0 Å². The highest BCUT2D eigenvalue weighted by Gasteiger charge is 2.40. The van der Waals surface area contributed by atoms with Crippen molar-refractivity contribution in [1.29, 1.82) is 0 Å². The molecule has 0 radical (unpaired) electrons. The first-order valence-electron chi connectivity index (χ1n) is 7.26. The molecule has 7 nitrogen and oxygen atoms in total. The van der Waals surface area contributed by atoms with Crippen LogP contribution in [0.25, 0.3) is 0 Å². The van der Waals surface area contributed by atoms with Crippen molar-refractivity contribution in [1.82, 2.24) is 15.0 Å². The maximum absolute atomic E-state index is 12.4. The van der Waals surface area contributed by atoms with Crippen LogP contribution in [0.4, 0.5) is 0 Å². The van der Waals surface area contributed by atoms with Crippen molar-refractivity contribution in [2.75, 3.05) is 0 Å². The predicted molar refractivity (Wildman–Crippen MR) is 89.6 cm³/mol. The average Bonchev–Trinajstić information content (AvgIpc) is 3.05. The number of carbonyl (C=O) groups excluding carboxylic acids is 2. The van der Waals surface area contributed by atoms with Gasteiger partial charge in [-0.1, -0.05) is 21.1 Å². The average molecular weight is 414 g/mol. The fraction of sp³-hybridized carbons (Fsp3) is 0.333. The summed E-state index contributed by atoms with van der Waals surface area (Å²) < 4.78 is 5.92. The first kappa shape index (κ1) is 17.1. The standard InChI is InChI=1S/C15H13BrN4O3.ClH/c16-8-2-3-9-10(6-8)13(22)20(12(9)21)7-11-18-14(19-23-11)15(17)4-1-5-15;/h2-3,6H,1,4-5,7,17H2;1H. The van der Waals surface area contributed by atoms with Crippen molar-refractivity contribution in [2.45, 2.75) is 31.3 Å². The molecule has 0 bridgehead atoms. The Hall–Kier alpha value is -1.77. The van der Waals surface area contributed by atoms with E-state index in [0.717, 1.165) is 28.6 Å². The van der Waals surface area contributed by atoms with E-state index in [2.05, 4.69) is 26.1 Å². The van der Waals surface area contributed by atoms with E-state index < -0.39 is 5.54 Å². The minimum atomic E-state index is -0.533. The van der Waals surface area contributed by atoms with Gasteiger partial charge in [-0.3, -0.25) is 14.5 Å². The summed E-state index contributed by atoms with van der Waals surface area (Å²) >= 11 is 3.30. The normalized spacial score (nSPS) is 18.2. The number of halogens is 2. The summed E-state index contributed by atoms with van der Waals surface area (Å²) in [4.78, 5) is 30.1. The van der Waals surface area contributed by atoms with Crippen LogP contribution < -0.4 is 5.73 Å². The lowest BCUT2D eigenvalue weighted by Gasteiger charge is -2.34. The lowest BCUT2D eigenvalue weighted by Crippen LogP contribution is -2.44. The molecule has 24 heavy (non-hydrogen) atoms. The molecule has 2 amide bonds. The Balaban J connectivity index is 0.00000169. The van der Waals surface area contributed by atoms with Gasteiger partial charge in [0.2, 0.25) is 5.89 Å². The van der Waals surface area contributed by atoms with Crippen LogP contribution in [0.5, 0.6) is 0 Å². The third-order valence-corrected chi connectivity index (χ3v) is 4.88. The number of imide groups is 1. The second-order valence-corrected chi connectivity index (χ2v) is 6.82. The summed E-state index contributed by atoms with van der Waals surface area (Å²) in [5, 5.41) is 3.90. The quantitative estimate of drug-likeness (QED) is 0.775. The number of amides is 2. The summed E-state index contributed by atoms with van der Waals surface area (Å²) in [6.45, 7) is -0.0486. The van der Waals surface area contributed by atoms with Crippen LogP contribution in [0, 0.1) is 0 Å². The van der Waals surface area contributed by atoms with E-state index in [4.69, 9.17) is 10.3 Å². The third kappa shape index (κ3) is 2.54. The molecule has 2 aliphatic rings. The van der Waals surface area contributed by atoms with Crippen LogP contribution in [0.2, 0.25) is 0 Å². The molecule has 126 valence electrons. The Morgan fingerprint density at radius 1 is 1.25 bits per heavy atom. The van der Waals surface area contributed by atoms with Crippen molar-refractivity contribution < 1.29 is 14.1 Å². The molecule has 1 aliphatic heterocycles. The molecular formula is C15H14BrClN4O3. The van der Waals surface area contributed by atoms with Crippen LogP contribution in [-0.2, 0) is 12.1 Å². The van der Waals surface area contributed by atoms with Crippen LogP contribution in [0.1, 0.15) is 51.7 Å². The van der Waals surface area contributed by atoms with Crippen molar-refractivity contribution in [3.05, 3.63) is 45.5 Å². The molecule has 0 unspecified atom stereocenters. The highest BCUT2D eigenvalue weighted by Crippen LogP contribution is 2.37. The lowest BCUT2D eigenvalue weighted by atomic mass is 9.77. The minimum absolute atomic E-state index is 0. The molecule has 1 aliphatic carbocycles. The topological polar surface area (TPSA) is 102 Å². The molecule has 0 saturated heterocycles. The molecule has 1 aromatic heterocycles. The minimum Gasteiger partial charge on any atom is -0.337 e. The Morgan fingerprint density at radius 3 is 2.62 bits per heavy atom. The number of carbonyl (C=O) groups is 2. The number of nitrogens with two attached hydrogens (primary N) is 1. The molecule has 2 N–H and O–H groups in total. The maximum atomic E-state index is 12.4. The molecule has 2 heterocycles. The molecule has 1 fully saturated rings. The molecular weight excluding hydrogens is 400 g/mol. The van der Waals surface area contributed by atoms with Crippen molar-refractivity contribution in [3.8, 4) is 0 Å². The highest BCUT2D eigenvalue weighted by molar-refractivity contribution is 9.10. The van der Waals surface area contributed by atoms with E-state index >= 15 is 0 Å². The summed E-state index contributed by atoms with van der Waals surface area (Å²) in [5.41, 5.74) is 6.37. The van der Waals surface area contributed by atoms with Gasteiger partial charge in [0.15, 0.2) is 5.82 Å². The van der Waals surface area contributed by atoms with Crippen LogP contribution in [-0.4, -0.2) is 26.9 Å². The molecule has 4 rings (SSSR count). The highest BCUT2D eigenvalue weighted by atomic mass is 79.9. The number of nitrogens with zero attached hydrogens (tertiary/aromatic N) is 3. The summed E-state index contributed by atoms with van der Waals surface area (Å²) in [6, 6.07) is 4.99. The van der Waals surface area contributed by atoms with Gasteiger partial charge in [0.1, 0.15) is 6.54 Å². The molecule has 0 spiro atoms. The molecule has 0 atom stereocenters. The predicted octanol–water partition coefficient (Wildman–Crippen LogP) is 2.39. The van der Waals surface area contributed by atoms with E-state index in [1.54, 1.807) is 18.2 Å². The van der Waals surface area contributed by atoms with Crippen molar-refractivity contribution in [3.63, 3.8) is 0 Å². The second-order valence-electron chi connectivity index (χ2n) is 5.91. The van der Waals surface area contributed by atoms with E-state index in [-0.39, 0.29) is 36.7 Å². The van der Waals surface area contributed by atoms with Gasteiger partial charge in [0.05, 0.1) is 16.7 Å². The van der Waals surface area contributed by atoms with E-state index in [1.165, 1.54) is 0 Å². The van der Waals surface area contributed by atoms with Gasteiger partial charge in [-0.25, -0.2) is 0 Å². The maximum Gasteiger partial charge on any atom is 0.262 e. The molecule has 1 saturated carbocycles. The SMILES string of the molecule is Cl.NC1(c2noc(CN3C(=O)c4ccc(Br)cc4C3=O)n2)CCC1. The number of rotatable bonds is 3. The number of hydrogen-bond donors (Lipinski definition) is 1. The molecule has 1 aromatic carbocycles. The first-order valence-corrected chi connectivity index (χ1v) is 8.05. The largest absolute Gasteiger partial charge is 0.337 e. The zero-order valence-corrected chi connectivity index (χ0v) is 14.9. The van der Waals surface area contributed by atoms with E-state index in [9.17, 15) is 9.59 Å². The Kier molecular flexibility index (Phi) is 4.23. The molecule has 9 heteroatoms. The summed E-state index contributed by atoms with van der Waals surface area (Å²) in [5.74, 6) is -0.0658. The van der Waals surface area contributed by atoms with Gasteiger partial charge in [-0.15, -0.1) is 12.4 Å². The van der Waals surface area contributed by atoms with Crippen molar-refractivity contribution >= 4 is 40.2 Å². The Bertz CT molecular complexity index is 834. The van der Waals surface area contributed by atoms with Crippen molar-refractivity contribution in [2.24, 2.45) is 5.73 Å². The Labute approximate surface area is 152 Å². The van der Waals surface area contributed by atoms with E-state index in [0.29, 0.717) is 17.0 Å². The number of aromatic nitrogens is 2. The van der Waals surface area contributed by atoms with E-state index in [1.807, 2.05) is 0 Å². The summed E-state index contributed by atoms with van der Waals surface area (Å²) in [7, 11) is 0. The van der Waals surface area contributed by atoms with Crippen LogP contribution in [0.15, 0.2) is 27.2 Å². The van der Waals surface area contributed by atoms with Gasteiger partial charge in [-0.2, -0.15) is 4.98 Å². The fourth-order valence-corrected chi connectivity index (χ4v) is 3.21. The zero-order chi connectivity index (χ0) is 16.2. The third-order valence-electron chi connectivity index (χ3n) is 4.39. The van der Waals surface area contributed by atoms with Gasteiger partial charge in [-0.05, 0) is 37.5 Å². The van der Waals surface area contributed by atoms with Gasteiger partial charge < -0.3 is 10.3 Å². The van der Waals surface area contributed by atoms with Crippen LogP contribution in [0.3, 0.4) is 0 Å². The first-order chi connectivity index (χ1) is 11.0. The number of hydrogen-bond acceptors (Lipinski definition) is 6.